The Bertz CT molecular complexity index is 1030. The summed E-state index contributed by atoms with van der Waals surface area (Å²) in [4.78, 5) is 24.8. The van der Waals surface area contributed by atoms with Crippen molar-refractivity contribution in [3.63, 3.8) is 0 Å². The van der Waals surface area contributed by atoms with E-state index in [1.165, 1.54) is 0 Å². The molecule has 0 fully saturated rings. The van der Waals surface area contributed by atoms with Crippen LogP contribution in [0.3, 0.4) is 0 Å². The number of ether oxygens (including phenoxy) is 1. The average Bonchev–Trinajstić information content (AvgIpc) is 2.73. The SMILES string of the molecule is N#Cc1ccccc1OCC(=O)Nc1ccccc1C(=O)Nc1ccccc1. The van der Waals surface area contributed by atoms with Gasteiger partial charge in [-0.3, -0.25) is 9.59 Å². The van der Waals surface area contributed by atoms with Crippen LogP contribution in [0.15, 0.2) is 78.9 Å². The van der Waals surface area contributed by atoms with Crippen LogP contribution in [0.2, 0.25) is 0 Å². The Morgan fingerprint density at radius 3 is 2.32 bits per heavy atom. The van der Waals surface area contributed by atoms with Gasteiger partial charge < -0.3 is 15.4 Å². The maximum Gasteiger partial charge on any atom is 0.262 e. The molecule has 0 bridgehead atoms. The zero-order chi connectivity index (χ0) is 19.8. The lowest BCUT2D eigenvalue weighted by Crippen LogP contribution is -2.23. The number of hydrogen-bond donors (Lipinski definition) is 2. The van der Waals surface area contributed by atoms with Crippen LogP contribution in [-0.4, -0.2) is 18.4 Å². The topological polar surface area (TPSA) is 91.2 Å². The van der Waals surface area contributed by atoms with E-state index in [9.17, 15) is 9.59 Å². The summed E-state index contributed by atoms with van der Waals surface area (Å²) in [7, 11) is 0. The third kappa shape index (κ3) is 4.74. The van der Waals surface area contributed by atoms with Crippen molar-refractivity contribution in [3.8, 4) is 11.8 Å². The molecule has 0 aliphatic rings. The van der Waals surface area contributed by atoms with E-state index in [1.807, 2.05) is 24.3 Å². The molecule has 0 unspecified atom stereocenters. The van der Waals surface area contributed by atoms with Crippen LogP contribution in [-0.2, 0) is 4.79 Å². The number of nitriles is 1. The van der Waals surface area contributed by atoms with Crippen molar-refractivity contribution in [3.05, 3.63) is 90.0 Å². The van der Waals surface area contributed by atoms with E-state index in [2.05, 4.69) is 10.6 Å². The van der Waals surface area contributed by atoms with Gasteiger partial charge in [-0.25, -0.2) is 0 Å². The molecule has 2 N–H and O–H groups in total. The van der Waals surface area contributed by atoms with Crippen molar-refractivity contribution < 1.29 is 14.3 Å². The van der Waals surface area contributed by atoms with Crippen LogP contribution in [0, 0.1) is 11.3 Å². The minimum Gasteiger partial charge on any atom is -0.482 e. The van der Waals surface area contributed by atoms with E-state index in [4.69, 9.17) is 10.00 Å². The summed E-state index contributed by atoms with van der Waals surface area (Å²) in [6.07, 6.45) is 0. The molecule has 0 saturated carbocycles. The Balaban J connectivity index is 1.66. The first-order valence-corrected chi connectivity index (χ1v) is 8.54. The summed E-state index contributed by atoms with van der Waals surface area (Å²) < 4.78 is 5.42. The van der Waals surface area contributed by atoms with Gasteiger partial charge in [-0.15, -0.1) is 0 Å². The second-order valence-electron chi connectivity index (χ2n) is 5.81. The molecule has 0 aliphatic heterocycles. The van der Waals surface area contributed by atoms with Crippen LogP contribution in [0.1, 0.15) is 15.9 Å². The molecular weight excluding hydrogens is 354 g/mol. The molecule has 0 aliphatic carbocycles. The van der Waals surface area contributed by atoms with Gasteiger partial charge in [0.25, 0.3) is 11.8 Å². The van der Waals surface area contributed by atoms with Gasteiger partial charge >= 0.3 is 0 Å². The molecule has 3 rings (SSSR count). The quantitative estimate of drug-likeness (QED) is 0.689. The molecule has 6 heteroatoms. The van der Waals surface area contributed by atoms with E-state index < -0.39 is 5.91 Å². The second-order valence-corrected chi connectivity index (χ2v) is 5.81. The molecule has 138 valence electrons. The predicted octanol–water partition coefficient (Wildman–Crippen LogP) is 3.83. The van der Waals surface area contributed by atoms with Crippen molar-refractivity contribution in [1.82, 2.24) is 0 Å². The fourth-order valence-corrected chi connectivity index (χ4v) is 2.52. The number of rotatable bonds is 6. The zero-order valence-electron chi connectivity index (χ0n) is 14.9. The summed E-state index contributed by atoms with van der Waals surface area (Å²) in [5.41, 5.74) is 1.71. The number of benzene rings is 3. The van der Waals surface area contributed by atoms with Crippen molar-refractivity contribution in [2.24, 2.45) is 0 Å². The first kappa shape index (κ1) is 18.7. The van der Waals surface area contributed by atoms with E-state index in [0.717, 1.165) is 0 Å². The van der Waals surface area contributed by atoms with Crippen molar-refractivity contribution in [2.45, 2.75) is 0 Å². The van der Waals surface area contributed by atoms with Gasteiger partial charge in [0.05, 0.1) is 16.8 Å². The Hall–Kier alpha value is -4.11. The Labute approximate surface area is 162 Å². The molecule has 3 aromatic rings. The van der Waals surface area contributed by atoms with Gasteiger partial charge in [-0.05, 0) is 36.4 Å². The number of nitrogens with zero attached hydrogens (tertiary/aromatic N) is 1. The number of para-hydroxylation sites is 3. The molecule has 3 aromatic carbocycles. The van der Waals surface area contributed by atoms with E-state index in [1.54, 1.807) is 60.7 Å². The third-order valence-corrected chi connectivity index (χ3v) is 3.84. The maximum absolute atomic E-state index is 12.5. The first-order valence-electron chi connectivity index (χ1n) is 8.54. The van der Waals surface area contributed by atoms with Gasteiger partial charge in [-0.1, -0.05) is 42.5 Å². The zero-order valence-corrected chi connectivity index (χ0v) is 14.9. The highest BCUT2D eigenvalue weighted by molar-refractivity contribution is 6.10. The minimum absolute atomic E-state index is 0.284. The molecule has 28 heavy (non-hydrogen) atoms. The van der Waals surface area contributed by atoms with Crippen molar-refractivity contribution >= 4 is 23.2 Å². The fourth-order valence-electron chi connectivity index (χ4n) is 2.52. The van der Waals surface area contributed by atoms with E-state index in [0.29, 0.717) is 28.3 Å². The monoisotopic (exact) mass is 371 g/mol. The second kappa shape index (κ2) is 9.01. The molecule has 2 amide bonds. The lowest BCUT2D eigenvalue weighted by atomic mass is 10.1. The lowest BCUT2D eigenvalue weighted by Gasteiger charge is -2.12. The van der Waals surface area contributed by atoms with Gasteiger partial charge in [-0.2, -0.15) is 5.26 Å². The number of anilines is 2. The first-order chi connectivity index (χ1) is 13.7. The molecular formula is C22H17N3O3. The molecule has 0 aromatic heterocycles. The summed E-state index contributed by atoms with van der Waals surface area (Å²) in [6, 6.07) is 24.4. The normalized spacial score (nSPS) is 9.82. The Morgan fingerprint density at radius 1 is 0.857 bits per heavy atom. The van der Waals surface area contributed by atoms with Crippen molar-refractivity contribution in [2.75, 3.05) is 17.2 Å². The Kier molecular flexibility index (Phi) is 6.01. The molecule has 0 radical (unpaired) electrons. The predicted molar refractivity (Wildman–Crippen MR) is 106 cm³/mol. The van der Waals surface area contributed by atoms with Gasteiger partial charge in [0, 0.05) is 5.69 Å². The van der Waals surface area contributed by atoms with E-state index >= 15 is 0 Å². The summed E-state index contributed by atoms with van der Waals surface area (Å²) in [6.45, 7) is -0.284. The highest BCUT2D eigenvalue weighted by atomic mass is 16.5. The highest BCUT2D eigenvalue weighted by Gasteiger charge is 2.14. The number of carbonyl (C=O) groups excluding carboxylic acids is 2. The number of carbonyl (C=O) groups is 2. The van der Waals surface area contributed by atoms with Crippen LogP contribution in [0.25, 0.3) is 0 Å². The minimum atomic E-state index is -0.437. The summed E-state index contributed by atoms with van der Waals surface area (Å²) in [5.74, 6) is -0.444. The molecule has 6 nitrogen and oxygen atoms in total. The molecule has 0 atom stereocenters. The smallest absolute Gasteiger partial charge is 0.262 e. The largest absolute Gasteiger partial charge is 0.482 e. The fraction of sp³-hybridized carbons (Fsp3) is 0.0455. The van der Waals surface area contributed by atoms with Crippen LogP contribution < -0.4 is 15.4 Å². The highest BCUT2D eigenvalue weighted by Crippen LogP contribution is 2.19. The standard InChI is InChI=1S/C22H17N3O3/c23-14-16-8-4-7-13-20(16)28-15-21(26)25-19-12-6-5-11-18(19)22(27)24-17-9-2-1-3-10-17/h1-13H,15H2,(H,24,27)(H,25,26). The van der Waals surface area contributed by atoms with Gasteiger partial charge in [0.2, 0.25) is 0 Å². The lowest BCUT2D eigenvalue weighted by molar-refractivity contribution is -0.118. The maximum atomic E-state index is 12.5. The Morgan fingerprint density at radius 2 is 1.54 bits per heavy atom. The number of hydrogen-bond acceptors (Lipinski definition) is 4. The molecule has 0 spiro atoms. The third-order valence-electron chi connectivity index (χ3n) is 3.84. The van der Waals surface area contributed by atoms with Gasteiger partial charge in [0.15, 0.2) is 6.61 Å². The number of nitrogens with one attached hydrogen (secondary N) is 2. The van der Waals surface area contributed by atoms with Crippen LogP contribution in [0.4, 0.5) is 11.4 Å². The molecule has 0 saturated heterocycles. The number of amides is 2. The average molecular weight is 371 g/mol. The van der Waals surface area contributed by atoms with Crippen LogP contribution in [0.5, 0.6) is 5.75 Å². The van der Waals surface area contributed by atoms with E-state index in [-0.39, 0.29) is 12.5 Å². The van der Waals surface area contributed by atoms with Gasteiger partial charge in [0.1, 0.15) is 11.8 Å². The summed E-state index contributed by atoms with van der Waals surface area (Å²) in [5, 5.41) is 14.5. The summed E-state index contributed by atoms with van der Waals surface area (Å²) >= 11 is 0. The van der Waals surface area contributed by atoms with Crippen LogP contribution >= 0.6 is 0 Å². The molecule has 0 heterocycles. The van der Waals surface area contributed by atoms with Crippen molar-refractivity contribution in [1.29, 1.82) is 5.26 Å².